The summed E-state index contributed by atoms with van der Waals surface area (Å²) in [5, 5.41) is 5.36. The first-order chi connectivity index (χ1) is 9.33. The van der Waals surface area contributed by atoms with Crippen molar-refractivity contribution in [3.8, 4) is 5.69 Å². The largest absolute Gasteiger partial charge is 0.395 e. The Morgan fingerprint density at radius 1 is 0.895 bits per heavy atom. The van der Waals surface area contributed by atoms with Crippen LogP contribution in [0.4, 0.5) is 5.69 Å². The minimum Gasteiger partial charge on any atom is -0.395 e. The molecule has 0 atom stereocenters. The van der Waals surface area contributed by atoms with E-state index in [4.69, 9.17) is 5.73 Å². The van der Waals surface area contributed by atoms with E-state index >= 15 is 0 Å². The van der Waals surface area contributed by atoms with Crippen molar-refractivity contribution in [3.63, 3.8) is 0 Å². The third-order valence-corrected chi connectivity index (χ3v) is 3.70. The highest BCUT2D eigenvalue weighted by atomic mass is 32.2. The lowest BCUT2D eigenvalue weighted by atomic mass is 10.3. The molecule has 0 aliphatic carbocycles. The van der Waals surface area contributed by atoms with E-state index in [0.717, 1.165) is 15.6 Å². The van der Waals surface area contributed by atoms with E-state index in [1.54, 1.807) is 16.4 Å². The van der Waals surface area contributed by atoms with Gasteiger partial charge in [0.05, 0.1) is 17.6 Å². The van der Waals surface area contributed by atoms with Gasteiger partial charge in [0, 0.05) is 4.90 Å². The maximum atomic E-state index is 6.02. The Morgan fingerprint density at radius 2 is 1.53 bits per heavy atom. The highest BCUT2D eigenvalue weighted by Gasteiger charge is 2.08. The number of hydrogen-bond donors (Lipinski definition) is 1. The van der Waals surface area contributed by atoms with Crippen LogP contribution in [0.3, 0.4) is 0 Å². The van der Waals surface area contributed by atoms with E-state index in [1.165, 1.54) is 0 Å². The molecule has 0 unspecified atom stereocenters. The topological polar surface area (TPSA) is 43.8 Å². The second kappa shape index (κ2) is 5.20. The van der Waals surface area contributed by atoms with Crippen LogP contribution in [0.5, 0.6) is 0 Å². The van der Waals surface area contributed by atoms with Gasteiger partial charge in [-0.15, -0.1) is 0 Å². The molecule has 2 N–H and O–H groups in total. The van der Waals surface area contributed by atoms with Gasteiger partial charge in [-0.2, -0.15) is 5.10 Å². The molecular formula is C15H13N3S. The first-order valence-corrected chi connectivity index (χ1v) is 6.78. The first kappa shape index (κ1) is 11.9. The smallest absolute Gasteiger partial charge is 0.146 e. The van der Waals surface area contributed by atoms with Gasteiger partial charge in [0.15, 0.2) is 0 Å². The second-order valence-electron chi connectivity index (χ2n) is 4.08. The molecule has 3 rings (SSSR count). The number of hydrogen-bond acceptors (Lipinski definition) is 3. The zero-order valence-corrected chi connectivity index (χ0v) is 11.0. The van der Waals surface area contributed by atoms with Crippen LogP contribution in [0.2, 0.25) is 0 Å². The Kier molecular flexibility index (Phi) is 3.25. The third-order valence-electron chi connectivity index (χ3n) is 2.69. The minimum atomic E-state index is 0.692. The summed E-state index contributed by atoms with van der Waals surface area (Å²) < 4.78 is 1.81. The van der Waals surface area contributed by atoms with E-state index in [1.807, 2.05) is 66.9 Å². The number of aromatic nitrogens is 2. The van der Waals surface area contributed by atoms with Gasteiger partial charge in [0.2, 0.25) is 0 Å². The van der Waals surface area contributed by atoms with Crippen molar-refractivity contribution in [1.29, 1.82) is 0 Å². The van der Waals surface area contributed by atoms with Crippen LogP contribution in [0.15, 0.2) is 76.8 Å². The zero-order valence-electron chi connectivity index (χ0n) is 10.2. The lowest BCUT2D eigenvalue weighted by Crippen LogP contribution is -1.93. The molecule has 0 radical (unpaired) electrons. The van der Waals surface area contributed by atoms with Crippen molar-refractivity contribution >= 4 is 17.4 Å². The number of benzene rings is 2. The molecule has 0 fully saturated rings. The molecule has 3 nitrogen and oxygen atoms in total. The monoisotopic (exact) mass is 267 g/mol. The first-order valence-electron chi connectivity index (χ1n) is 5.96. The number of nitrogens with zero attached hydrogens (tertiary/aromatic N) is 2. The van der Waals surface area contributed by atoms with Crippen molar-refractivity contribution in [2.75, 3.05) is 5.73 Å². The Morgan fingerprint density at radius 3 is 2.21 bits per heavy atom. The fourth-order valence-corrected chi connectivity index (χ4v) is 2.58. The summed E-state index contributed by atoms with van der Waals surface area (Å²) in [6, 6.07) is 20.1. The molecule has 2 aromatic carbocycles. The average molecular weight is 267 g/mol. The number of nitrogen functional groups attached to an aromatic ring is 1. The molecular weight excluding hydrogens is 254 g/mol. The summed E-state index contributed by atoms with van der Waals surface area (Å²) in [6.45, 7) is 0. The SMILES string of the molecule is Nc1cn(-c2ccccc2)nc1Sc1ccccc1. The molecule has 0 saturated carbocycles. The van der Waals surface area contributed by atoms with Crippen LogP contribution in [-0.4, -0.2) is 9.78 Å². The van der Waals surface area contributed by atoms with Gasteiger partial charge in [0.1, 0.15) is 5.03 Å². The van der Waals surface area contributed by atoms with Gasteiger partial charge in [-0.25, -0.2) is 4.68 Å². The van der Waals surface area contributed by atoms with Crippen LogP contribution in [0, 0.1) is 0 Å². The van der Waals surface area contributed by atoms with Gasteiger partial charge in [-0.05, 0) is 24.3 Å². The summed E-state index contributed by atoms with van der Waals surface area (Å²) in [6.07, 6.45) is 1.85. The lowest BCUT2D eigenvalue weighted by molar-refractivity contribution is 0.837. The van der Waals surface area contributed by atoms with Crippen molar-refractivity contribution in [2.45, 2.75) is 9.92 Å². The molecule has 0 amide bonds. The highest BCUT2D eigenvalue weighted by Crippen LogP contribution is 2.30. The molecule has 0 spiro atoms. The van der Waals surface area contributed by atoms with Gasteiger partial charge in [-0.3, -0.25) is 0 Å². The lowest BCUT2D eigenvalue weighted by Gasteiger charge is -2.00. The Balaban J connectivity index is 1.90. The van der Waals surface area contributed by atoms with Gasteiger partial charge in [0.25, 0.3) is 0 Å². The number of anilines is 1. The summed E-state index contributed by atoms with van der Waals surface area (Å²) in [7, 11) is 0. The van der Waals surface area contributed by atoms with Crippen LogP contribution in [0.25, 0.3) is 5.69 Å². The minimum absolute atomic E-state index is 0.692. The molecule has 0 bridgehead atoms. The van der Waals surface area contributed by atoms with Gasteiger partial charge < -0.3 is 5.73 Å². The van der Waals surface area contributed by atoms with Crippen molar-refractivity contribution < 1.29 is 0 Å². The average Bonchev–Trinajstić information content (AvgIpc) is 2.82. The predicted octanol–water partition coefficient (Wildman–Crippen LogP) is 3.61. The van der Waals surface area contributed by atoms with Crippen molar-refractivity contribution in [3.05, 3.63) is 66.9 Å². The summed E-state index contributed by atoms with van der Waals surface area (Å²) in [5.41, 5.74) is 7.72. The van der Waals surface area contributed by atoms with Crippen molar-refractivity contribution in [1.82, 2.24) is 9.78 Å². The quantitative estimate of drug-likeness (QED) is 0.788. The van der Waals surface area contributed by atoms with E-state index in [9.17, 15) is 0 Å². The zero-order chi connectivity index (χ0) is 13.1. The molecule has 19 heavy (non-hydrogen) atoms. The van der Waals surface area contributed by atoms with E-state index < -0.39 is 0 Å². The third kappa shape index (κ3) is 2.63. The second-order valence-corrected chi connectivity index (χ2v) is 5.15. The maximum absolute atomic E-state index is 6.02. The highest BCUT2D eigenvalue weighted by molar-refractivity contribution is 7.99. The summed E-state index contributed by atoms with van der Waals surface area (Å²) in [5.74, 6) is 0. The van der Waals surface area contributed by atoms with Gasteiger partial charge >= 0.3 is 0 Å². The van der Waals surface area contributed by atoms with E-state index in [2.05, 4.69) is 5.10 Å². The molecule has 1 heterocycles. The molecule has 3 aromatic rings. The molecule has 94 valence electrons. The fourth-order valence-electron chi connectivity index (χ4n) is 1.76. The Labute approximate surface area is 116 Å². The number of rotatable bonds is 3. The number of nitrogens with two attached hydrogens (primary N) is 1. The summed E-state index contributed by atoms with van der Waals surface area (Å²) >= 11 is 1.57. The molecule has 0 aliphatic rings. The van der Waals surface area contributed by atoms with Gasteiger partial charge in [-0.1, -0.05) is 48.2 Å². The molecule has 0 saturated heterocycles. The van der Waals surface area contributed by atoms with Crippen LogP contribution in [-0.2, 0) is 0 Å². The standard InChI is InChI=1S/C15H13N3S/c16-14-11-18(12-7-3-1-4-8-12)17-15(14)19-13-9-5-2-6-10-13/h1-11H,16H2. The molecule has 4 heteroatoms. The number of para-hydroxylation sites is 1. The Bertz CT molecular complexity index is 662. The molecule has 1 aromatic heterocycles. The van der Waals surface area contributed by atoms with Crippen LogP contribution < -0.4 is 5.73 Å². The van der Waals surface area contributed by atoms with Crippen LogP contribution in [0.1, 0.15) is 0 Å². The fraction of sp³-hybridized carbons (Fsp3) is 0. The van der Waals surface area contributed by atoms with E-state index in [0.29, 0.717) is 5.69 Å². The summed E-state index contributed by atoms with van der Waals surface area (Å²) in [4.78, 5) is 1.13. The van der Waals surface area contributed by atoms with Crippen LogP contribution >= 0.6 is 11.8 Å². The normalized spacial score (nSPS) is 10.5. The maximum Gasteiger partial charge on any atom is 0.146 e. The predicted molar refractivity (Wildman–Crippen MR) is 78.5 cm³/mol. The van der Waals surface area contributed by atoms with E-state index in [-0.39, 0.29) is 0 Å². The Hall–Kier alpha value is -2.20. The molecule has 0 aliphatic heterocycles. The van der Waals surface area contributed by atoms with Crippen molar-refractivity contribution in [2.24, 2.45) is 0 Å².